The molecule has 0 atom stereocenters. The maximum absolute atomic E-state index is 12.0. The van der Waals surface area contributed by atoms with Crippen molar-refractivity contribution in [1.29, 1.82) is 0 Å². The Hall–Kier alpha value is -1.69. The molecule has 0 spiro atoms. The third kappa shape index (κ3) is 4.67. The highest BCUT2D eigenvalue weighted by molar-refractivity contribution is 5.75. The number of ether oxygens (including phenoxy) is 1. The second-order valence-electron chi connectivity index (χ2n) is 5.37. The zero-order valence-electron chi connectivity index (χ0n) is 12.6. The van der Waals surface area contributed by atoms with E-state index < -0.39 is 0 Å². The Kier molecular flexibility index (Phi) is 5.92. The van der Waals surface area contributed by atoms with Crippen molar-refractivity contribution in [2.45, 2.75) is 45.1 Å². The Morgan fingerprint density at radius 2 is 2.19 bits per heavy atom. The zero-order valence-corrected chi connectivity index (χ0v) is 12.6. The molecule has 0 bridgehead atoms. The minimum Gasteiger partial charge on any atom is -0.385 e. The number of aryl methyl sites for hydroxylation is 2. The Morgan fingerprint density at radius 3 is 3.00 bits per heavy atom. The number of carbonyl (C=O) groups excluding carboxylic acids is 1. The highest BCUT2D eigenvalue weighted by Gasteiger charge is 2.13. The minimum atomic E-state index is -0.192. The molecule has 0 fully saturated rings. The molecule has 21 heavy (non-hydrogen) atoms. The van der Waals surface area contributed by atoms with Gasteiger partial charge in [0.25, 0.3) is 5.56 Å². The quantitative estimate of drug-likeness (QED) is 0.618. The van der Waals surface area contributed by atoms with E-state index in [4.69, 9.17) is 4.74 Å². The minimum absolute atomic E-state index is 0.0148. The number of nitrogens with zero attached hydrogens (tertiary/aromatic N) is 2. The van der Waals surface area contributed by atoms with Gasteiger partial charge in [-0.1, -0.05) is 6.42 Å². The Bertz CT molecular complexity index is 539. The molecule has 0 saturated carbocycles. The smallest absolute Gasteiger partial charge is 0.267 e. The van der Waals surface area contributed by atoms with Crippen molar-refractivity contribution in [2.24, 2.45) is 0 Å². The van der Waals surface area contributed by atoms with Crippen LogP contribution in [0.25, 0.3) is 0 Å². The summed E-state index contributed by atoms with van der Waals surface area (Å²) in [7, 11) is 1.63. The van der Waals surface area contributed by atoms with Gasteiger partial charge in [-0.3, -0.25) is 9.59 Å². The SMILES string of the molecule is COCCCNC(=O)Cn1nc2c(cc1=O)CCCCC2. The van der Waals surface area contributed by atoms with E-state index in [9.17, 15) is 9.59 Å². The van der Waals surface area contributed by atoms with E-state index in [1.165, 1.54) is 11.1 Å². The summed E-state index contributed by atoms with van der Waals surface area (Å²) in [5.74, 6) is -0.186. The maximum atomic E-state index is 12.0. The first-order valence-electron chi connectivity index (χ1n) is 7.56. The average molecular weight is 293 g/mol. The summed E-state index contributed by atoms with van der Waals surface area (Å²) in [5, 5.41) is 7.14. The van der Waals surface area contributed by atoms with Gasteiger partial charge in [-0.2, -0.15) is 5.10 Å². The highest BCUT2D eigenvalue weighted by atomic mass is 16.5. The molecule has 1 amide bonds. The van der Waals surface area contributed by atoms with Crippen LogP contribution in [0.15, 0.2) is 10.9 Å². The first-order chi connectivity index (χ1) is 10.2. The lowest BCUT2D eigenvalue weighted by atomic mass is 10.1. The van der Waals surface area contributed by atoms with Crippen LogP contribution >= 0.6 is 0 Å². The van der Waals surface area contributed by atoms with E-state index in [1.807, 2.05) is 0 Å². The molecular weight excluding hydrogens is 270 g/mol. The van der Waals surface area contributed by atoms with Gasteiger partial charge in [-0.05, 0) is 37.7 Å². The Balaban J connectivity index is 1.98. The molecule has 1 heterocycles. The van der Waals surface area contributed by atoms with Crippen molar-refractivity contribution >= 4 is 5.91 Å². The lowest BCUT2D eigenvalue weighted by Gasteiger charge is -2.10. The van der Waals surface area contributed by atoms with Crippen LogP contribution in [0.5, 0.6) is 0 Å². The van der Waals surface area contributed by atoms with Gasteiger partial charge in [-0.25, -0.2) is 4.68 Å². The largest absolute Gasteiger partial charge is 0.385 e. The van der Waals surface area contributed by atoms with Gasteiger partial charge >= 0.3 is 0 Å². The molecule has 0 radical (unpaired) electrons. The number of fused-ring (bicyclic) bond motifs is 1. The number of amides is 1. The maximum Gasteiger partial charge on any atom is 0.267 e. The third-order valence-corrected chi connectivity index (χ3v) is 3.66. The molecule has 1 aromatic heterocycles. The monoisotopic (exact) mass is 293 g/mol. The van der Waals surface area contributed by atoms with Crippen LogP contribution in [-0.2, 0) is 28.9 Å². The van der Waals surface area contributed by atoms with Crippen molar-refractivity contribution in [1.82, 2.24) is 15.1 Å². The summed E-state index contributed by atoms with van der Waals surface area (Å²) in [5.41, 5.74) is 1.83. The van der Waals surface area contributed by atoms with Crippen LogP contribution in [0.2, 0.25) is 0 Å². The van der Waals surface area contributed by atoms with E-state index in [-0.39, 0.29) is 18.0 Å². The van der Waals surface area contributed by atoms with Gasteiger partial charge in [0.05, 0.1) is 5.69 Å². The lowest BCUT2D eigenvalue weighted by Crippen LogP contribution is -2.35. The Morgan fingerprint density at radius 1 is 1.38 bits per heavy atom. The number of hydrogen-bond acceptors (Lipinski definition) is 4. The highest BCUT2D eigenvalue weighted by Crippen LogP contribution is 2.16. The molecule has 116 valence electrons. The number of methoxy groups -OCH3 is 1. The first-order valence-corrected chi connectivity index (χ1v) is 7.56. The molecule has 1 aliphatic carbocycles. The topological polar surface area (TPSA) is 73.2 Å². The van der Waals surface area contributed by atoms with Crippen LogP contribution < -0.4 is 10.9 Å². The van der Waals surface area contributed by atoms with Gasteiger partial charge in [0.2, 0.25) is 5.91 Å². The summed E-state index contributed by atoms with van der Waals surface area (Å²) < 4.78 is 6.19. The van der Waals surface area contributed by atoms with E-state index in [0.29, 0.717) is 13.2 Å². The predicted octanol–water partition coefficient (Wildman–Crippen LogP) is 0.665. The third-order valence-electron chi connectivity index (χ3n) is 3.66. The van der Waals surface area contributed by atoms with Crippen LogP contribution in [0.4, 0.5) is 0 Å². The zero-order chi connectivity index (χ0) is 15.1. The second kappa shape index (κ2) is 7.93. The van der Waals surface area contributed by atoms with Crippen LogP contribution in [0.1, 0.15) is 36.9 Å². The van der Waals surface area contributed by atoms with E-state index in [0.717, 1.165) is 43.4 Å². The van der Waals surface area contributed by atoms with E-state index in [2.05, 4.69) is 10.4 Å². The molecule has 0 unspecified atom stereocenters. The fourth-order valence-electron chi connectivity index (χ4n) is 2.53. The van der Waals surface area contributed by atoms with Gasteiger partial charge < -0.3 is 10.1 Å². The van der Waals surface area contributed by atoms with Gasteiger partial charge in [0.15, 0.2) is 0 Å². The molecule has 1 aromatic rings. The fraction of sp³-hybridized carbons (Fsp3) is 0.667. The van der Waals surface area contributed by atoms with Crippen LogP contribution in [0.3, 0.4) is 0 Å². The second-order valence-corrected chi connectivity index (χ2v) is 5.37. The molecule has 1 N–H and O–H groups in total. The van der Waals surface area contributed by atoms with Crippen molar-refractivity contribution in [3.05, 3.63) is 27.7 Å². The molecule has 2 rings (SSSR count). The molecule has 6 heteroatoms. The molecule has 0 saturated heterocycles. The standard InChI is InChI=1S/C15H23N3O3/c1-21-9-5-8-16-14(19)11-18-15(20)10-12-6-3-2-4-7-13(12)17-18/h10H,2-9,11H2,1H3,(H,16,19). The molecule has 0 aliphatic heterocycles. The van der Waals surface area contributed by atoms with Crippen LogP contribution in [0, 0.1) is 0 Å². The predicted molar refractivity (Wildman–Crippen MR) is 79.3 cm³/mol. The van der Waals surface area contributed by atoms with Crippen molar-refractivity contribution in [3.8, 4) is 0 Å². The number of aromatic nitrogens is 2. The van der Waals surface area contributed by atoms with E-state index >= 15 is 0 Å². The van der Waals surface area contributed by atoms with Crippen molar-refractivity contribution < 1.29 is 9.53 Å². The van der Waals surface area contributed by atoms with Gasteiger partial charge in [-0.15, -0.1) is 0 Å². The summed E-state index contributed by atoms with van der Waals surface area (Å²) in [6, 6.07) is 1.64. The van der Waals surface area contributed by atoms with Gasteiger partial charge in [0.1, 0.15) is 6.54 Å². The summed E-state index contributed by atoms with van der Waals surface area (Å²) in [4.78, 5) is 23.8. The Labute approximate surface area is 124 Å². The fourth-order valence-corrected chi connectivity index (χ4v) is 2.53. The van der Waals surface area contributed by atoms with E-state index in [1.54, 1.807) is 13.2 Å². The van der Waals surface area contributed by atoms with Crippen molar-refractivity contribution in [3.63, 3.8) is 0 Å². The summed E-state index contributed by atoms with van der Waals surface area (Å²) in [6.07, 6.45) is 5.95. The molecule has 0 aromatic carbocycles. The average Bonchev–Trinajstić information content (AvgIpc) is 2.69. The molecule has 1 aliphatic rings. The summed E-state index contributed by atoms with van der Waals surface area (Å²) in [6.45, 7) is 1.14. The lowest BCUT2D eigenvalue weighted by molar-refractivity contribution is -0.121. The number of rotatable bonds is 6. The molecular formula is C15H23N3O3. The normalized spacial score (nSPS) is 14.3. The van der Waals surface area contributed by atoms with Crippen LogP contribution in [-0.4, -0.2) is 35.9 Å². The first kappa shape index (κ1) is 15.7. The number of carbonyl (C=O) groups is 1. The number of hydrogen-bond donors (Lipinski definition) is 1. The summed E-state index contributed by atoms with van der Waals surface area (Å²) >= 11 is 0. The number of nitrogens with one attached hydrogen (secondary N) is 1. The molecule has 6 nitrogen and oxygen atoms in total. The van der Waals surface area contributed by atoms with Crippen molar-refractivity contribution in [2.75, 3.05) is 20.3 Å². The van der Waals surface area contributed by atoms with Gasteiger partial charge in [0, 0.05) is 26.3 Å².